The van der Waals surface area contributed by atoms with E-state index in [4.69, 9.17) is 5.73 Å². The molecule has 0 aromatic heterocycles. The number of aliphatic hydroxyl groups is 1. The fraction of sp³-hybridized carbons (Fsp3) is 0.833. The third-order valence-corrected chi connectivity index (χ3v) is 4.11. The summed E-state index contributed by atoms with van der Waals surface area (Å²) in [5.41, 5.74) is 5.02. The monoisotopic (exact) mass is 255 g/mol. The van der Waals surface area contributed by atoms with Crippen LogP contribution in [0.15, 0.2) is 0 Å². The molecule has 0 radical (unpaired) electrons. The zero-order valence-corrected chi connectivity index (χ0v) is 10.9. The average molecular weight is 255 g/mol. The van der Waals surface area contributed by atoms with Crippen LogP contribution < -0.4 is 5.73 Å². The maximum absolute atomic E-state index is 12.3. The summed E-state index contributed by atoms with van der Waals surface area (Å²) in [4.78, 5) is 27.9. The van der Waals surface area contributed by atoms with Crippen LogP contribution in [0, 0.1) is 0 Å². The summed E-state index contributed by atoms with van der Waals surface area (Å²) in [6, 6.07) is -0.946. The fourth-order valence-electron chi connectivity index (χ4n) is 2.77. The smallest absolute Gasteiger partial charge is 0.243 e. The summed E-state index contributed by atoms with van der Waals surface area (Å²) >= 11 is 0. The minimum absolute atomic E-state index is 0.111. The van der Waals surface area contributed by atoms with E-state index in [-0.39, 0.29) is 11.7 Å². The number of carbonyl (C=O) groups excluding carboxylic acids is 2. The Hall–Kier alpha value is -0.980. The van der Waals surface area contributed by atoms with Crippen molar-refractivity contribution in [1.29, 1.82) is 0 Å². The number of piperazine rings is 1. The van der Waals surface area contributed by atoms with Gasteiger partial charge in [0, 0.05) is 26.1 Å². The van der Waals surface area contributed by atoms with Crippen molar-refractivity contribution in [3.63, 3.8) is 0 Å². The molecule has 3 atom stereocenters. The van der Waals surface area contributed by atoms with Crippen LogP contribution in [-0.4, -0.2) is 71.0 Å². The third-order valence-electron chi connectivity index (χ3n) is 4.11. The zero-order chi connectivity index (χ0) is 13.5. The van der Waals surface area contributed by atoms with E-state index in [9.17, 15) is 14.7 Å². The van der Waals surface area contributed by atoms with Gasteiger partial charge in [0.2, 0.25) is 5.91 Å². The molecule has 3 N–H and O–H groups in total. The normalized spacial score (nSPS) is 32.2. The summed E-state index contributed by atoms with van der Waals surface area (Å²) in [6.45, 7) is 3.30. The Kier molecular flexibility index (Phi) is 3.44. The predicted molar refractivity (Wildman–Crippen MR) is 65.8 cm³/mol. The number of nitrogens with two attached hydrogens (primary N) is 1. The molecule has 6 heteroatoms. The molecule has 18 heavy (non-hydrogen) atoms. The molecule has 1 saturated heterocycles. The third kappa shape index (κ3) is 1.94. The highest BCUT2D eigenvalue weighted by atomic mass is 16.3. The molecule has 2 fully saturated rings. The maximum Gasteiger partial charge on any atom is 0.243 e. The first-order valence-corrected chi connectivity index (χ1v) is 6.35. The number of ketones is 1. The first-order chi connectivity index (χ1) is 8.38. The van der Waals surface area contributed by atoms with Gasteiger partial charge in [0.05, 0.1) is 6.10 Å². The molecule has 1 aliphatic heterocycles. The molecule has 1 unspecified atom stereocenters. The summed E-state index contributed by atoms with van der Waals surface area (Å²) in [5, 5.41) is 9.43. The number of carbonyl (C=O) groups is 2. The fourth-order valence-corrected chi connectivity index (χ4v) is 2.77. The van der Waals surface area contributed by atoms with Crippen molar-refractivity contribution in [2.45, 2.75) is 37.5 Å². The molecule has 1 aliphatic carbocycles. The van der Waals surface area contributed by atoms with Gasteiger partial charge in [-0.1, -0.05) is 0 Å². The van der Waals surface area contributed by atoms with E-state index in [1.165, 1.54) is 6.92 Å². The van der Waals surface area contributed by atoms with Gasteiger partial charge in [0.15, 0.2) is 5.78 Å². The summed E-state index contributed by atoms with van der Waals surface area (Å²) < 4.78 is 0. The molecule has 0 aromatic rings. The number of amides is 1. The van der Waals surface area contributed by atoms with E-state index in [1.54, 1.807) is 4.90 Å². The Morgan fingerprint density at radius 3 is 2.61 bits per heavy atom. The van der Waals surface area contributed by atoms with Crippen LogP contribution in [0.2, 0.25) is 0 Å². The number of hydrogen-bond donors (Lipinski definition) is 2. The van der Waals surface area contributed by atoms with Crippen LogP contribution in [0.5, 0.6) is 0 Å². The van der Waals surface area contributed by atoms with E-state index < -0.39 is 17.7 Å². The summed E-state index contributed by atoms with van der Waals surface area (Å²) in [5.74, 6) is -0.202. The average Bonchev–Trinajstić information content (AvgIpc) is 2.34. The van der Waals surface area contributed by atoms with Crippen LogP contribution >= 0.6 is 0 Å². The maximum atomic E-state index is 12.3. The Morgan fingerprint density at radius 2 is 2.17 bits per heavy atom. The summed E-state index contributed by atoms with van der Waals surface area (Å²) in [6.07, 6.45) is 0.333. The van der Waals surface area contributed by atoms with Gasteiger partial charge in [-0.2, -0.15) is 0 Å². The lowest BCUT2D eigenvalue weighted by Gasteiger charge is -2.54. The topological polar surface area (TPSA) is 86.9 Å². The summed E-state index contributed by atoms with van der Waals surface area (Å²) in [7, 11) is 1.95. The van der Waals surface area contributed by atoms with Gasteiger partial charge in [0.1, 0.15) is 11.6 Å². The van der Waals surface area contributed by atoms with Crippen LogP contribution in [-0.2, 0) is 9.59 Å². The minimum atomic E-state index is -0.946. The van der Waals surface area contributed by atoms with Crippen LogP contribution in [0.1, 0.15) is 19.8 Å². The predicted octanol–water partition coefficient (Wildman–Crippen LogP) is -1.43. The molecule has 0 aromatic carbocycles. The molecule has 6 nitrogen and oxygen atoms in total. The Labute approximate surface area is 107 Å². The minimum Gasteiger partial charge on any atom is -0.391 e. The number of likely N-dealkylation sites (N-methyl/N-ethyl adjacent to an activating group) is 1. The molecule has 1 saturated carbocycles. The molecule has 1 amide bonds. The quantitative estimate of drug-likeness (QED) is 0.632. The van der Waals surface area contributed by atoms with Crippen LogP contribution in [0.25, 0.3) is 0 Å². The van der Waals surface area contributed by atoms with Crippen LogP contribution in [0.3, 0.4) is 0 Å². The Bertz CT molecular complexity index is 372. The van der Waals surface area contributed by atoms with Gasteiger partial charge in [-0.3, -0.25) is 9.59 Å². The van der Waals surface area contributed by atoms with Crippen molar-refractivity contribution in [1.82, 2.24) is 9.80 Å². The van der Waals surface area contributed by atoms with Gasteiger partial charge in [-0.15, -0.1) is 0 Å². The van der Waals surface area contributed by atoms with E-state index in [2.05, 4.69) is 4.90 Å². The molecule has 2 aliphatic rings. The number of rotatable bonds is 2. The van der Waals surface area contributed by atoms with Crippen molar-refractivity contribution < 1.29 is 14.7 Å². The van der Waals surface area contributed by atoms with Gasteiger partial charge in [-0.25, -0.2) is 0 Å². The van der Waals surface area contributed by atoms with E-state index in [0.29, 0.717) is 25.9 Å². The first kappa shape index (κ1) is 13.5. The molecule has 102 valence electrons. The highest BCUT2D eigenvalue weighted by Gasteiger charge is 2.55. The van der Waals surface area contributed by atoms with Crippen LogP contribution in [0.4, 0.5) is 0 Å². The van der Waals surface area contributed by atoms with Gasteiger partial charge in [-0.05, 0) is 20.4 Å². The number of Topliss-reactive ketones (excluding diaryl/α,β-unsaturated/α-hetero) is 1. The molecule has 0 bridgehead atoms. The molecular weight excluding hydrogens is 234 g/mol. The van der Waals surface area contributed by atoms with Crippen molar-refractivity contribution in [3.8, 4) is 0 Å². The van der Waals surface area contributed by atoms with Crippen molar-refractivity contribution >= 4 is 11.7 Å². The first-order valence-electron chi connectivity index (χ1n) is 6.35. The SMILES string of the molecule is C[C@@H](O)[C@H](N)C(=O)N1CCN(C)CC12CCC2=O. The Balaban J connectivity index is 2.20. The Morgan fingerprint density at radius 1 is 1.50 bits per heavy atom. The standard InChI is InChI=1S/C12H21N3O3/c1-8(16)10(13)11(18)15-6-5-14(2)7-12(15)4-3-9(12)17/h8,10,16H,3-7,13H2,1-2H3/t8-,10+,12?/m1/s1. The van der Waals surface area contributed by atoms with E-state index >= 15 is 0 Å². The van der Waals surface area contributed by atoms with Gasteiger partial charge in [0.25, 0.3) is 0 Å². The second kappa shape index (κ2) is 4.60. The number of aliphatic hydroxyl groups excluding tert-OH is 1. The molecular formula is C12H21N3O3. The van der Waals surface area contributed by atoms with Crippen molar-refractivity contribution in [3.05, 3.63) is 0 Å². The van der Waals surface area contributed by atoms with Crippen molar-refractivity contribution in [2.75, 3.05) is 26.7 Å². The van der Waals surface area contributed by atoms with Gasteiger partial charge >= 0.3 is 0 Å². The highest BCUT2D eigenvalue weighted by Crippen LogP contribution is 2.37. The molecule has 1 spiro atoms. The number of hydrogen-bond acceptors (Lipinski definition) is 5. The second-order valence-electron chi connectivity index (χ2n) is 5.45. The lowest BCUT2D eigenvalue weighted by molar-refractivity contribution is -0.162. The van der Waals surface area contributed by atoms with E-state index in [1.807, 2.05) is 7.05 Å². The highest BCUT2D eigenvalue weighted by molar-refractivity contribution is 5.99. The zero-order valence-electron chi connectivity index (χ0n) is 10.9. The lowest BCUT2D eigenvalue weighted by Crippen LogP contribution is -2.73. The molecule has 2 rings (SSSR count). The molecule has 1 heterocycles. The lowest BCUT2D eigenvalue weighted by atomic mass is 9.72. The van der Waals surface area contributed by atoms with E-state index in [0.717, 1.165) is 6.54 Å². The number of nitrogens with zero attached hydrogens (tertiary/aromatic N) is 2. The second-order valence-corrected chi connectivity index (χ2v) is 5.45. The largest absolute Gasteiger partial charge is 0.391 e. The van der Waals surface area contributed by atoms with Crippen molar-refractivity contribution in [2.24, 2.45) is 5.73 Å². The van der Waals surface area contributed by atoms with Gasteiger partial charge < -0.3 is 20.6 Å².